The fourth-order valence-electron chi connectivity index (χ4n) is 2.69. The number of nitrogens with one attached hydrogen (secondary N) is 2. The Labute approximate surface area is 163 Å². The van der Waals surface area contributed by atoms with Crippen molar-refractivity contribution in [3.63, 3.8) is 0 Å². The number of hydrogen-bond donors (Lipinski definition) is 2. The summed E-state index contributed by atoms with van der Waals surface area (Å²) in [7, 11) is 0. The van der Waals surface area contributed by atoms with Crippen molar-refractivity contribution in [2.75, 3.05) is 11.9 Å². The quantitative estimate of drug-likeness (QED) is 0.672. The van der Waals surface area contributed by atoms with Gasteiger partial charge in [-0.05, 0) is 67.4 Å². The number of halogens is 1. The Balaban J connectivity index is 1.52. The third-order valence-electron chi connectivity index (χ3n) is 4.33. The zero-order valence-electron chi connectivity index (χ0n) is 15.5. The molecule has 0 unspecified atom stereocenters. The molecule has 142 valence electrons. The van der Waals surface area contributed by atoms with E-state index in [0.29, 0.717) is 24.1 Å². The minimum atomic E-state index is -0.278. The number of rotatable bonds is 6. The summed E-state index contributed by atoms with van der Waals surface area (Å²) in [5, 5.41) is 5.65. The minimum absolute atomic E-state index is 0.215. The Morgan fingerprint density at radius 2 is 1.36 bits per heavy atom. The first-order valence-corrected chi connectivity index (χ1v) is 9.02. The van der Waals surface area contributed by atoms with Gasteiger partial charge in [-0.2, -0.15) is 0 Å². The zero-order valence-corrected chi connectivity index (χ0v) is 15.5. The first-order valence-electron chi connectivity index (χ1n) is 9.02. The highest BCUT2D eigenvalue weighted by Gasteiger charge is 2.09. The molecule has 3 rings (SSSR count). The van der Waals surface area contributed by atoms with Crippen molar-refractivity contribution in [2.24, 2.45) is 0 Å². The van der Waals surface area contributed by atoms with Crippen LogP contribution in [0.1, 0.15) is 31.8 Å². The molecule has 0 atom stereocenters. The van der Waals surface area contributed by atoms with E-state index >= 15 is 0 Å². The van der Waals surface area contributed by atoms with E-state index in [0.717, 1.165) is 16.8 Å². The smallest absolute Gasteiger partial charge is 0.255 e. The molecule has 0 heterocycles. The lowest BCUT2D eigenvalue weighted by molar-refractivity contribution is 0.0952. The molecule has 0 saturated heterocycles. The first-order chi connectivity index (χ1) is 13.5. The Morgan fingerprint density at radius 1 is 0.786 bits per heavy atom. The van der Waals surface area contributed by atoms with Crippen molar-refractivity contribution in [2.45, 2.75) is 13.3 Å². The molecule has 0 spiro atoms. The minimum Gasteiger partial charge on any atom is -0.352 e. The number of aryl methyl sites for hydroxylation is 1. The van der Waals surface area contributed by atoms with Crippen molar-refractivity contribution >= 4 is 17.5 Å². The van der Waals surface area contributed by atoms with Gasteiger partial charge < -0.3 is 10.6 Å². The average Bonchev–Trinajstić information content (AvgIpc) is 2.71. The first kappa shape index (κ1) is 19.3. The van der Waals surface area contributed by atoms with Gasteiger partial charge in [0.1, 0.15) is 5.82 Å². The van der Waals surface area contributed by atoms with Gasteiger partial charge in [0.2, 0.25) is 0 Å². The molecule has 3 aromatic rings. The van der Waals surface area contributed by atoms with Gasteiger partial charge in [-0.3, -0.25) is 9.59 Å². The molecule has 0 fully saturated rings. The number of carbonyl (C=O) groups excluding carboxylic acids is 2. The SMILES string of the molecule is Cc1ccc(NC(=O)c2ccc(C(=O)NCCc3ccc(F)cc3)cc2)cc1. The molecule has 3 aromatic carbocycles. The van der Waals surface area contributed by atoms with Crippen LogP contribution in [-0.2, 0) is 6.42 Å². The predicted molar refractivity (Wildman–Crippen MR) is 108 cm³/mol. The highest BCUT2D eigenvalue weighted by atomic mass is 19.1. The van der Waals surface area contributed by atoms with E-state index in [1.165, 1.54) is 12.1 Å². The van der Waals surface area contributed by atoms with Crippen molar-refractivity contribution < 1.29 is 14.0 Å². The van der Waals surface area contributed by atoms with Crippen LogP contribution in [0.25, 0.3) is 0 Å². The van der Waals surface area contributed by atoms with E-state index in [9.17, 15) is 14.0 Å². The van der Waals surface area contributed by atoms with Crippen LogP contribution in [0, 0.1) is 12.7 Å². The average molecular weight is 376 g/mol. The molecule has 0 saturated carbocycles. The molecule has 4 nitrogen and oxygen atoms in total. The van der Waals surface area contributed by atoms with Crippen LogP contribution in [-0.4, -0.2) is 18.4 Å². The van der Waals surface area contributed by atoms with Crippen LogP contribution in [0.15, 0.2) is 72.8 Å². The number of amides is 2. The normalized spacial score (nSPS) is 10.4. The third kappa shape index (κ3) is 5.27. The fraction of sp³-hybridized carbons (Fsp3) is 0.130. The van der Waals surface area contributed by atoms with Crippen LogP contribution in [0.5, 0.6) is 0 Å². The van der Waals surface area contributed by atoms with Gasteiger partial charge in [0.25, 0.3) is 11.8 Å². The topological polar surface area (TPSA) is 58.2 Å². The Bertz CT molecular complexity index is 949. The van der Waals surface area contributed by atoms with Crippen LogP contribution >= 0.6 is 0 Å². The molecule has 2 N–H and O–H groups in total. The predicted octanol–water partition coefficient (Wildman–Crippen LogP) is 4.36. The van der Waals surface area contributed by atoms with Gasteiger partial charge in [0.05, 0.1) is 0 Å². The standard InChI is InChI=1S/C23H21FN2O2/c1-16-2-12-21(13-3-16)26-23(28)19-8-6-18(7-9-19)22(27)25-15-14-17-4-10-20(24)11-5-17/h2-13H,14-15H2,1H3,(H,25,27)(H,26,28). The summed E-state index contributed by atoms with van der Waals surface area (Å²) in [6.07, 6.45) is 0.614. The van der Waals surface area contributed by atoms with Crippen molar-refractivity contribution in [3.05, 3.63) is 101 Å². The number of benzene rings is 3. The van der Waals surface area contributed by atoms with Gasteiger partial charge in [0, 0.05) is 23.4 Å². The summed E-state index contributed by atoms with van der Waals surface area (Å²) in [6.45, 7) is 2.43. The van der Waals surface area contributed by atoms with Crippen molar-refractivity contribution in [1.82, 2.24) is 5.32 Å². The van der Waals surface area contributed by atoms with Crippen LogP contribution in [0.3, 0.4) is 0 Å². The second kappa shape index (κ2) is 8.95. The highest BCUT2D eigenvalue weighted by Crippen LogP contribution is 2.12. The van der Waals surface area contributed by atoms with Crippen LogP contribution < -0.4 is 10.6 Å². The maximum atomic E-state index is 12.9. The van der Waals surface area contributed by atoms with Gasteiger partial charge in [0.15, 0.2) is 0 Å². The van der Waals surface area contributed by atoms with E-state index < -0.39 is 0 Å². The lowest BCUT2D eigenvalue weighted by Gasteiger charge is -2.08. The van der Waals surface area contributed by atoms with E-state index in [4.69, 9.17) is 0 Å². The largest absolute Gasteiger partial charge is 0.352 e. The summed E-state index contributed by atoms with van der Waals surface area (Å²) < 4.78 is 12.9. The molecule has 0 radical (unpaired) electrons. The summed E-state index contributed by atoms with van der Waals surface area (Å²) in [6, 6.07) is 20.2. The summed E-state index contributed by atoms with van der Waals surface area (Å²) in [4.78, 5) is 24.5. The molecule has 0 aliphatic rings. The maximum Gasteiger partial charge on any atom is 0.255 e. The Morgan fingerprint density at radius 3 is 1.96 bits per heavy atom. The molecule has 0 aliphatic heterocycles. The van der Waals surface area contributed by atoms with E-state index in [1.54, 1.807) is 36.4 Å². The lowest BCUT2D eigenvalue weighted by Crippen LogP contribution is -2.25. The number of carbonyl (C=O) groups is 2. The summed E-state index contributed by atoms with van der Waals surface area (Å²) in [5.74, 6) is -0.723. The molecule has 2 amide bonds. The fourth-order valence-corrected chi connectivity index (χ4v) is 2.69. The second-order valence-corrected chi connectivity index (χ2v) is 6.53. The maximum absolute atomic E-state index is 12.9. The van der Waals surface area contributed by atoms with Crippen LogP contribution in [0.4, 0.5) is 10.1 Å². The van der Waals surface area contributed by atoms with Crippen molar-refractivity contribution in [3.8, 4) is 0 Å². The monoisotopic (exact) mass is 376 g/mol. The molecule has 0 aromatic heterocycles. The summed E-state index contributed by atoms with van der Waals surface area (Å²) in [5.41, 5.74) is 3.74. The Kier molecular flexibility index (Phi) is 6.17. The van der Waals surface area contributed by atoms with Gasteiger partial charge in [-0.1, -0.05) is 29.8 Å². The van der Waals surface area contributed by atoms with Gasteiger partial charge in [-0.15, -0.1) is 0 Å². The molecule has 0 bridgehead atoms. The lowest BCUT2D eigenvalue weighted by atomic mass is 10.1. The van der Waals surface area contributed by atoms with E-state index in [-0.39, 0.29) is 17.6 Å². The third-order valence-corrected chi connectivity index (χ3v) is 4.33. The molecule has 0 aliphatic carbocycles. The summed E-state index contributed by atoms with van der Waals surface area (Å²) >= 11 is 0. The molecule has 28 heavy (non-hydrogen) atoms. The highest BCUT2D eigenvalue weighted by molar-refractivity contribution is 6.05. The Hall–Kier alpha value is -3.47. The van der Waals surface area contributed by atoms with Crippen molar-refractivity contribution in [1.29, 1.82) is 0 Å². The zero-order chi connectivity index (χ0) is 19.9. The number of hydrogen-bond acceptors (Lipinski definition) is 2. The van der Waals surface area contributed by atoms with Crippen LogP contribution in [0.2, 0.25) is 0 Å². The number of anilines is 1. The second-order valence-electron chi connectivity index (χ2n) is 6.53. The van der Waals surface area contributed by atoms with Gasteiger partial charge in [-0.25, -0.2) is 4.39 Å². The molecular weight excluding hydrogens is 355 g/mol. The molecular formula is C23H21FN2O2. The van der Waals surface area contributed by atoms with E-state index in [1.807, 2.05) is 31.2 Å². The van der Waals surface area contributed by atoms with Gasteiger partial charge >= 0.3 is 0 Å². The molecule has 5 heteroatoms. The van der Waals surface area contributed by atoms with E-state index in [2.05, 4.69) is 10.6 Å².